The molecule has 0 radical (unpaired) electrons. The molecule has 1 heterocycles. The average Bonchev–Trinajstić information content (AvgIpc) is 2.47. The Bertz CT molecular complexity index is 615. The predicted molar refractivity (Wildman–Crippen MR) is 79.9 cm³/mol. The first-order valence-electron chi connectivity index (χ1n) is 6.32. The molecule has 2 rings (SSSR count). The Morgan fingerprint density at radius 2 is 1.95 bits per heavy atom. The van der Waals surface area contributed by atoms with Crippen LogP contribution in [-0.4, -0.2) is 28.8 Å². The molecular formula is C15H16N2O2S. The van der Waals surface area contributed by atoms with E-state index < -0.39 is 0 Å². The quantitative estimate of drug-likeness (QED) is 0.490. The first-order chi connectivity index (χ1) is 9.67. The van der Waals surface area contributed by atoms with Crippen LogP contribution in [0.15, 0.2) is 35.4 Å². The molecule has 0 N–H and O–H groups in total. The van der Waals surface area contributed by atoms with Crippen LogP contribution >= 0.6 is 11.8 Å². The summed E-state index contributed by atoms with van der Waals surface area (Å²) in [5.74, 6) is 0.259. The first-order valence-corrected chi connectivity index (χ1v) is 7.55. The van der Waals surface area contributed by atoms with Gasteiger partial charge in [0.1, 0.15) is 10.6 Å². The smallest absolute Gasteiger partial charge is 0.342 e. The molecule has 0 fully saturated rings. The minimum Gasteiger partial charge on any atom is -0.462 e. The number of benzene rings is 1. The minimum absolute atomic E-state index is 0.340. The van der Waals surface area contributed by atoms with Crippen LogP contribution in [-0.2, 0) is 4.74 Å². The van der Waals surface area contributed by atoms with Gasteiger partial charge < -0.3 is 4.74 Å². The largest absolute Gasteiger partial charge is 0.462 e. The number of hydrogen-bond acceptors (Lipinski definition) is 5. The van der Waals surface area contributed by atoms with Gasteiger partial charge in [-0.3, -0.25) is 0 Å². The van der Waals surface area contributed by atoms with Crippen molar-refractivity contribution in [3.8, 4) is 11.4 Å². The van der Waals surface area contributed by atoms with Gasteiger partial charge in [0.25, 0.3) is 0 Å². The van der Waals surface area contributed by atoms with Crippen molar-refractivity contribution in [2.24, 2.45) is 0 Å². The van der Waals surface area contributed by atoms with E-state index >= 15 is 0 Å². The molecule has 2 aromatic rings. The lowest BCUT2D eigenvalue weighted by Crippen LogP contribution is -2.11. The molecule has 0 atom stereocenters. The number of carbonyl (C=O) groups excluding carboxylic acids is 1. The summed E-state index contributed by atoms with van der Waals surface area (Å²) in [5.41, 5.74) is 2.03. The van der Waals surface area contributed by atoms with Gasteiger partial charge in [-0.15, -0.1) is 11.8 Å². The molecule has 1 aromatic heterocycles. The molecule has 20 heavy (non-hydrogen) atoms. The second kappa shape index (κ2) is 6.52. The molecule has 5 heteroatoms. The Kier molecular flexibility index (Phi) is 4.74. The number of aryl methyl sites for hydroxylation is 1. The molecule has 1 aromatic carbocycles. The van der Waals surface area contributed by atoms with Crippen molar-refractivity contribution < 1.29 is 9.53 Å². The highest BCUT2D eigenvalue weighted by molar-refractivity contribution is 7.98. The summed E-state index contributed by atoms with van der Waals surface area (Å²) in [4.78, 5) is 20.9. The van der Waals surface area contributed by atoms with Gasteiger partial charge in [-0.25, -0.2) is 14.8 Å². The Balaban J connectivity index is 2.51. The van der Waals surface area contributed by atoms with Crippen LogP contribution in [0.3, 0.4) is 0 Å². The van der Waals surface area contributed by atoms with E-state index in [1.54, 1.807) is 13.8 Å². The highest BCUT2D eigenvalue weighted by Crippen LogP contribution is 2.25. The molecule has 0 unspecified atom stereocenters. The van der Waals surface area contributed by atoms with Gasteiger partial charge in [-0.1, -0.05) is 30.3 Å². The lowest BCUT2D eigenvalue weighted by molar-refractivity contribution is 0.0520. The summed E-state index contributed by atoms with van der Waals surface area (Å²) >= 11 is 1.42. The van der Waals surface area contributed by atoms with Crippen molar-refractivity contribution in [1.82, 2.24) is 9.97 Å². The van der Waals surface area contributed by atoms with Gasteiger partial charge in [-0.05, 0) is 20.1 Å². The number of ether oxygens (including phenoxy) is 1. The Morgan fingerprint density at radius 3 is 2.55 bits per heavy atom. The zero-order valence-corrected chi connectivity index (χ0v) is 12.5. The second-order valence-corrected chi connectivity index (χ2v) is 4.90. The van der Waals surface area contributed by atoms with E-state index in [2.05, 4.69) is 9.97 Å². The molecule has 0 aliphatic rings. The summed E-state index contributed by atoms with van der Waals surface area (Å²) < 4.78 is 5.06. The molecule has 104 valence electrons. The summed E-state index contributed by atoms with van der Waals surface area (Å²) in [6, 6.07) is 9.71. The third kappa shape index (κ3) is 2.99. The van der Waals surface area contributed by atoms with Crippen molar-refractivity contribution in [2.45, 2.75) is 18.9 Å². The molecule has 0 aliphatic carbocycles. The number of esters is 1. The minimum atomic E-state index is -0.367. The number of hydrogen-bond donors (Lipinski definition) is 0. The van der Waals surface area contributed by atoms with Crippen LogP contribution in [0.4, 0.5) is 0 Å². The van der Waals surface area contributed by atoms with Gasteiger partial charge in [0.15, 0.2) is 5.82 Å². The van der Waals surface area contributed by atoms with Crippen LogP contribution < -0.4 is 0 Å². The Morgan fingerprint density at radius 1 is 1.25 bits per heavy atom. The van der Waals surface area contributed by atoms with Gasteiger partial charge in [0.2, 0.25) is 0 Å². The second-order valence-electron chi connectivity index (χ2n) is 4.10. The fourth-order valence-electron chi connectivity index (χ4n) is 1.85. The van der Waals surface area contributed by atoms with E-state index in [4.69, 9.17) is 4.74 Å². The molecular weight excluding hydrogens is 272 g/mol. The maximum absolute atomic E-state index is 12.0. The van der Waals surface area contributed by atoms with Crippen LogP contribution in [0.5, 0.6) is 0 Å². The van der Waals surface area contributed by atoms with Crippen molar-refractivity contribution in [3.05, 3.63) is 41.6 Å². The van der Waals surface area contributed by atoms with E-state index in [0.29, 0.717) is 28.7 Å². The Labute approximate surface area is 122 Å². The molecule has 0 amide bonds. The van der Waals surface area contributed by atoms with Gasteiger partial charge in [0, 0.05) is 5.56 Å². The van der Waals surface area contributed by atoms with E-state index in [1.807, 2.05) is 36.6 Å². The van der Waals surface area contributed by atoms with E-state index in [1.165, 1.54) is 11.8 Å². The third-order valence-corrected chi connectivity index (χ3v) is 3.44. The number of aromatic nitrogens is 2. The van der Waals surface area contributed by atoms with E-state index in [9.17, 15) is 4.79 Å². The van der Waals surface area contributed by atoms with Crippen LogP contribution in [0.1, 0.15) is 23.0 Å². The standard InChI is InChI=1S/C15H16N2O2S/c1-4-19-15(18)12-10(2)16-13(17-14(12)20-3)11-8-6-5-7-9-11/h5-9H,4H2,1-3H3. The highest BCUT2D eigenvalue weighted by atomic mass is 32.2. The number of carbonyl (C=O) groups is 1. The maximum atomic E-state index is 12.0. The maximum Gasteiger partial charge on any atom is 0.342 e. The van der Waals surface area contributed by atoms with Crippen molar-refractivity contribution >= 4 is 17.7 Å². The van der Waals surface area contributed by atoms with Crippen LogP contribution in [0.2, 0.25) is 0 Å². The van der Waals surface area contributed by atoms with E-state index in [-0.39, 0.29) is 5.97 Å². The van der Waals surface area contributed by atoms with E-state index in [0.717, 1.165) is 5.56 Å². The fraction of sp³-hybridized carbons (Fsp3) is 0.267. The van der Waals surface area contributed by atoms with Crippen molar-refractivity contribution in [2.75, 3.05) is 12.9 Å². The van der Waals surface area contributed by atoms with Gasteiger partial charge >= 0.3 is 5.97 Å². The Hall–Kier alpha value is -1.88. The summed E-state index contributed by atoms with van der Waals surface area (Å²) in [5, 5.41) is 0.648. The molecule has 4 nitrogen and oxygen atoms in total. The predicted octanol–water partition coefficient (Wildman–Crippen LogP) is 3.35. The molecule has 0 bridgehead atoms. The van der Waals surface area contributed by atoms with Crippen molar-refractivity contribution in [3.63, 3.8) is 0 Å². The van der Waals surface area contributed by atoms with Crippen molar-refractivity contribution in [1.29, 1.82) is 0 Å². The molecule has 0 spiro atoms. The SMILES string of the molecule is CCOC(=O)c1c(C)nc(-c2ccccc2)nc1SC. The van der Waals surface area contributed by atoms with Crippen LogP contribution in [0.25, 0.3) is 11.4 Å². The van der Waals surface area contributed by atoms with Gasteiger partial charge in [0.05, 0.1) is 12.3 Å². The molecule has 0 saturated carbocycles. The number of thioether (sulfide) groups is 1. The summed E-state index contributed by atoms with van der Waals surface area (Å²) in [6.45, 7) is 3.93. The fourth-order valence-corrected chi connectivity index (χ4v) is 2.46. The first kappa shape index (κ1) is 14.5. The lowest BCUT2D eigenvalue weighted by atomic mass is 10.2. The normalized spacial score (nSPS) is 10.3. The highest BCUT2D eigenvalue weighted by Gasteiger charge is 2.19. The topological polar surface area (TPSA) is 52.1 Å². The third-order valence-electron chi connectivity index (χ3n) is 2.76. The summed E-state index contributed by atoms with van der Waals surface area (Å²) in [6.07, 6.45) is 1.89. The van der Waals surface area contributed by atoms with Crippen LogP contribution in [0, 0.1) is 6.92 Å². The number of rotatable bonds is 4. The summed E-state index contributed by atoms with van der Waals surface area (Å²) in [7, 11) is 0. The van der Waals surface area contributed by atoms with Gasteiger partial charge in [-0.2, -0.15) is 0 Å². The number of nitrogens with zero attached hydrogens (tertiary/aromatic N) is 2. The zero-order valence-electron chi connectivity index (χ0n) is 11.7. The monoisotopic (exact) mass is 288 g/mol. The lowest BCUT2D eigenvalue weighted by Gasteiger charge is -2.11. The zero-order chi connectivity index (χ0) is 14.5. The average molecular weight is 288 g/mol. The molecule has 0 saturated heterocycles. The molecule has 0 aliphatic heterocycles.